The van der Waals surface area contributed by atoms with Gasteiger partial charge in [0.25, 0.3) is 0 Å². The van der Waals surface area contributed by atoms with Crippen LogP contribution in [0.5, 0.6) is 0 Å². The Hall–Kier alpha value is -1.21. The van der Waals surface area contributed by atoms with E-state index >= 15 is 0 Å². The number of carbonyl (C=O) groups is 1. The maximum atomic E-state index is 11.7. The van der Waals surface area contributed by atoms with Crippen molar-refractivity contribution in [3.63, 3.8) is 0 Å². The first-order valence-electron chi connectivity index (χ1n) is 5.57. The Kier molecular flexibility index (Phi) is 6.00. The number of nitrogens with one attached hydrogen (secondary N) is 2. The number of aryl methyl sites for hydroxylation is 1. The SMILES string of the molecule is COCCNC(=O)C(C)Nc1cc(Br)nc(C)n1. The minimum Gasteiger partial charge on any atom is -0.383 e. The quantitative estimate of drug-likeness (QED) is 0.607. The molecule has 1 aromatic rings. The minimum atomic E-state index is -0.372. The second-order valence-corrected chi connectivity index (χ2v) is 4.59. The van der Waals surface area contributed by atoms with E-state index in [1.165, 1.54) is 0 Å². The molecule has 0 aromatic carbocycles. The van der Waals surface area contributed by atoms with Gasteiger partial charge in [-0.15, -0.1) is 0 Å². The van der Waals surface area contributed by atoms with Crippen LogP contribution in [0.4, 0.5) is 5.82 Å². The Bertz CT molecular complexity index is 394. The van der Waals surface area contributed by atoms with Crippen LogP contribution >= 0.6 is 15.9 Å². The van der Waals surface area contributed by atoms with Crippen molar-refractivity contribution in [2.45, 2.75) is 19.9 Å². The molecule has 0 aliphatic rings. The van der Waals surface area contributed by atoms with Crippen LogP contribution in [-0.2, 0) is 9.53 Å². The predicted octanol–water partition coefficient (Wildman–Crippen LogP) is 1.11. The monoisotopic (exact) mass is 316 g/mol. The number of amides is 1. The number of ether oxygens (including phenoxy) is 1. The lowest BCUT2D eigenvalue weighted by Crippen LogP contribution is -2.39. The summed E-state index contributed by atoms with van der Waals surface area (Å²) in [4.78, 5) is 20.0. The Labute approximate surface area is 115 Å². The molecule has 0 radical (unpaired) electrons. The topological polar surface area (TPSA) is 76.1 Å². The second-order valence-electron chi connectivity index (χ2n) is 3.77. The van der Waals surface area contributed by atoms with E-state index in [1.54, 1.807) is 27.0 Å². The molecule has 2 N–H and O–H groups in total. The molecule has 1 heterocycles. The van der Waals surface area contributed by atoms with Crippen molar-refractivity contribution in [2.24, 2.45) is 0 Å². The largest absolute Gasteiger partial charge is 0.383 e. The van der Waals surface area contributed by atoms with Crippen molar-refractivity contribution >= 4 is 27.7 Å². The van der Waals surface area contributed by atoms with Gasteiger partial charge in [-0.25, -0.2) is 9.97 Å². The van der Waals surface area contributed by atoms with Crippen molar-refractivity contribution in [2.75, 3.05) is 25.6 Å². The molecule has 18 heavy (non-hydrogen) atoms. The van der Waals surface area contributed by atoms with Gasteiger partial charge in [0.05, 0.1) is 6.61 Å². The molecule has 1 unspecified atom stereocenters. The van der Waals surface area contributed by atoms with E-state index in [-0.39, 0.29) is 11.9 Å². The van der Waals surface area contributed by atoms with Gasteiger partial charge in [-0.1, -0.05) is 0 Å². The van der Waals surface area contributed by atoms with Crippen molar-refractivity contribution < 1.29 is 9.53 Å². The highest BCUT2D eigenvalue weighted by Crippen LogP contribution is 2.12. The second kappa shape index (κ2) is 7.27. The third-order valence-electron chi connectivity index (χ3n) is 2.17. The summed E-state index contributed by atoms with van der Waals surface area (Å²) in [5, 5.41) is 5.77. The molecule has 0 saturated heterocycles. The standard InChI is InChI=1S/C11H17BrN4O2/c1-7(11(17)13-4-5-18-3)14-10-6-9(12)15-8(2)16-10/h6-7H,4-5H2,1-3H3,(H,13,17)(H,14,15,16). The first-order valence-corrected chi connectivity index (χ1v) is 6.36. The summed E-state index contributed by atoms with van der Waals surface area (Å²) in [6.07, 6.45) is 0. The van der Waals surface area contributed by atoms with Crippen molar-refractivity contribution in [3.05, 3.63) is 16.5 Å². The number of rotatable bonds is 6. The maximum absolute atomic E-state index is 11.7. The number of hydrogen-bond acceptors (Lipinski definition) is 5. The molecular weight excluding hydrogens is 300 g/mol. The maximum Gasteiger partial charge on any atom is 0.242 e. The molecule has 0 saturated carbocycles. The van der Waals surface area contributed by atoms with Crippen LogP contribution in [0, 0.1) is 6.92 Å². The molecule has 100 valence electrons. The highest BCUT2D eigenvalue weighted by molar-refractivity contribution is 9.10. The molecule has 0 bridgehead atoms. The van der Waals surface area contributed by atoms with Gasteiger partial charge in [0.2, 0.25) is 5.91 Å². The van der Waals surface area contributed by atoms with E-state index in [4.69, 9.17) is 4.74 Å². The summed E-state index contributed by atoms with van der Waals surface area (Å²) in [7, 11) is 1.59. The number of anilines is 1. The number of halogens is 1. The van der Waals surface area contributed by atoms with Gasteiger partial charge in [-0.05, 0) is 29.8 Å². The highest BCUT2D eigenvalue weighted by atomic mass is 79.9. The average Bonchev–Trinajstić information content (AvgIpc) is 2.27. The Morgan fingerprint density at radius 2 is 2.28 bits per heavy atom. The zero-order chi connectivity index (χ0) is 13.5. The van der Waals surface area contributed by atoms with Gasteiger partial charge >= 0.3 is 0 Å². The zero-order valence-electron chi connectivity index (χ0n) is 10.7. The average molecular weight is 317 g/mol. The zero-order valence-corrected chi connectivity index (χ0v) is 12.2. The first-order chi connectivity index (χ1) is 8.52. The first kappa shape index (κ1) is 14.8. The summed E-state index contributed by atoms with van der Waals surface area (Å²) in [5.74, 6) is 1.15. The Morgan fingerprint density at radius 3 is 2.89 bits per heavy atom. The van der Waals surface area contributed by atoms with Crippen LogP contribution in [0.3, 0.4) is 0 Å². The Morgan fingerprint density at radius 1 is 1.56 bits per heavy atom. The minimum absolute atomic E-state index is 0.0977. The number of hydrogen-bond donors (Lipinski definition) is 2. The fraction of sp³-hybridized carbons (Fsp3) is 0.545. The van der Waals surface area contributed by atoms with E-state index < -0.39 is 0 Å². The van der Waals surface area contributed by atoms with Crippen LogP contribution in [-0.4, -0.2) is 42.2 Å². The predicted molar refractivity (Wildman–Crippen MR) is 72.4 cm³/mol. The molecule has 0 spiro atoms. The molecule has 7 heteroatoms. The van der Waals surface area contributed by atoms with Crippen LogP contribution in [0.1, 0.15) is 12.7 Å². The van der Waals surface area contributed by atoms with Gasteiger partial charge in [0, 0.05) is 19.7 Å². The summed E-state index contributed by atoms with van der Waals surface area (Å²) < 4.78 is 5.54. The molecule has 0 fully saturated rings. The summed E-state index contributed by atoms with van der Waals surface area (Å²) in [5.41, 5.74) is 0. The lowest BCUT2D eigenvalue weighted by atomic mass is 10.3. The van der Waals surface area contributed by atoms with Crippen molar-refractivity contribution in [1.82, 2.24) is 15.3 Å². The van der Waals surface area contributed by atoms with Gasteiger partial charge in [-0.2, -0.15) is 0 Å². The third-order valence-corrected chi connectivity index (χ3v) is 2.58. The molecule has 1 amide bonds. The van der Waals surface area contributed by atoms with Crippen LogP contribution in [0.15, 0.2) is 10.7 Å². The van der Waals surface area contributed by atoms with Gasteiger partial charge in [0.1, 0.15) is 22.3 Å². The molecule has 6 nitrogen and oxygen atoms in total. The fourth-order valence-electron chi connectivity index (χ4n) is 1.32. The summed E-state index contributed by atoms with van der Waals surface area (Å²) >= 11 is 3.28. The molecule has 0 aliphatic heterocycles. The van der Waals surface area contributed by atoms with E-state index in [9.17, 15) is 4.79 Å². The van der Waals surface area contributed by atoms with Crippen LogP contribution in [0.2, 0.25) is 0 Å². The van der Waals surface area contributed by atoms with E-state index in [1.807, 2.05) is 0 Å². The van der Waals surface area contributed by atoms with Gasteiger partial charge < -0.3 is 15.4 Å². The summed E-state index contributed by atoms with van der Waals surface area (Å²) in [6, 6.07) is 1.36. The molecule has 1 atom stereocenters. The van der Waals surface area contributed by atoms with Gasteiger partial charge in [-0.3, -0.25) is 4.79 Å². The van der Waals surface area contributed by atoms with Crippen LogP contribution in [0.25, 0.3) is 0 Å². The number of nitrogens with zero attached hydrogens (tertiary/aromatic N) is 2. The highest BCUT2D eigenvalue weighted by Gasteiger charge is 2.12. The summed E-state index contributed by atoms with van der Waals surface area (Å²) in [6.45, 7) is 4.55. The Balaban J connectivity index is 2.52. The van der Waals surface area contributed by atoms with E-state index in [2.05, 4.69) is 36.5 Å². The normalized spacial score (nSPS) is 12.0. The molecule has 1 aromatic heterocycles. The van der Waals surface area contributed by atoms with Crippen molar-refractivity contribution in [1.29, 1.82) is 0 Å². The lowest BCUT2D eigenvalue weighted by Gasteiger charge is -2.14. The van der Waals surface area contributed by atoms with Crippen molar-refractivity contribution in [3.8, 4) is 0 Å². The number of carbonyl (C=O) groups excluding carboxylic acids is 1. The van der Waals surface area contributed by atoms with E-state index in [0.717, 1.165) is 0 Å². The number of aromatic nitrogens is 2. The van der Waals surface area contributed by atoms with Crippen LogP contribution < -0.4 is 10.6 Å². The van der Waals surface area contributed by atoms with Gasteiger partial charge in [0.15, 0.2) is 0 Å². The molecular formula is C11H17BrN4O2. The fourth-order valence-corrected chi connectivity index (χ4v) is 1.80. The third kappa shape index (κ3) is 4.97. The lowest BCUT2D eigenvalue weighted by molar-refractivity contribution is -0.121. The van der Waals surface area contributed by atoms with E-state index in [0.29, 0.717) is 29.4 Å². The molecule has 1 rings (SSSR count). The molecule has 0 aliphatic carbocycles. The smallest absolute Gasteiger partial charge is 0.242 e. The number of methoxy groups -OCH3 is 1.